The lowest BCUT2D eigenvalue weighted by molar-refractivity contribution is 0.0635. The number of nitrogens with zero attached hydrogens (tertiary/aromatic N) is 2. The molecule has 0 aromatic carbocycles. The number of hydrogen-bond acceptors (Lipinski definition) is 10. The molecule has 6 aromatic rings. The number of fused-ring (bicyclic) bond motifs is 8. The molecule has 0 fully saturated rings. The van der Waals surface area contributed by atoms with Gasteiger partial charge in [-0.05, 0) is 112 Å². The lowest BCUT2D eigenvalue weighted by Crippen LogP contribution is -2.57. The number of imide groups is 2. The van der Waals surface area contributed by atoms with E-state index in [2.05, 4.69) is 160 Å². The van der Waals surface area contributed by atoms with Gasteiger partial charge in [0.1, 0.15) is 16.1 Å². The van der Waals surface area contributed by atoms with Crippen LogP contribution < -0.4 is 20.7 Å². The molecule has 0 saturated heterocycles. The molecule has 0 aliphatic carbocycles. The van der Waals surface area contributed by atoms with Crippen molar-refractivity contribution in [2.75, 3.05) is 13.1 Å². The van der Waals surface area contributed by atoms with Crippen molar-refractivity contribution in [3.63, 3.8) is 0 Å². The molecule has 4 aliphatic rings. The van der Waals surface area contributed by atoms with Crippen molar-refractivity contribution in [3.8, 4) is 39.0 Å². The van der Waals surface area contributed by atoms with E-state index < -0.39 is 27.0 Å². The molecule has 10 heterocycles. The molecule has 4 amide bonds. The zero-order valence-electron chi connectivity index (χ0n) is 69.7. The van der Waals surface area contributed by atoms with Crippen molar-refractivity contribution in [1.29, 1.82) is 0 Å². The van der Waals surface area contributed by atoms with E-state index in [1.807, 2.05) is 34.0 Å². The molecular weight excluding hydrogens is 1450 g/mol. The number of carbonyl (C=O) groups excluding carboxylic acids is 4. The predicted molar refractivity (Wildman–Crippen MR) is 475 cm³/mol. The Labute approximate surface area is 670 Å². The summed E-state index contributed by atoms with van der Waals surface area (Å²) in [5.41, 5.74) is 1.44. The molecule has 0 N–H and O–H groups in total. The first-order valence-electron chi connectivity index (χ1n) is 43.5. The number of amides is 4. The van der Waals surface area contributed by atoms with Gasteiger partial charge in [-0.1, -0.05) is 317 Å². The molecule has 6 nitrogen and oxygen atoms in total. The monoisotopic (exact) mass is 1580 g/mol. The third-order valence-electron chi connectivity index (χ3n) is 26.8. The minimum Gasteiger partial charge on any atom is -0.274 e. The lowest BCUT2D eigenvalue weighted by atomic mass is 9.65. The molecule has 6 aromatic heterocycles. The van der Waals surface area contributed by atoms with Gasteiger partial charge in [-0.2, -0.15) is 0 Å². The van der Waals surface area contributed by atoms with E-state index in [1.165, 1.54) is 208 Å². The maximum Gasteiger partial charge on any atom is 0.263 e. The molecule has 14 heteroatoms. The molecule has 2 unspecified atom stereocenters. The molecule has 586 valence electrons. The van der Waals surface area contributed by atoms with E-state index in [0.29, 0.717) is 47.2 Å². The first kappa shape index (κ1) is 85.3. The summed E-state index contributed by atoms with van der Waals surface area (Å²) in [5, 5.41) is 6.58. The lowest BCUT2D eigenvalue weighted by Gasteiger charge is -2.41. The summed E-state index contributed by atoms with van der Waals surface area (Å²) in [6.45, 7) is 43.5. The van der Waals surface area contributed by atoms with E-state index >= 15 is 14.4 Å². The molecule has 0 saturated carbocycles. The minimum absolute atomic E-state index is 0.0757. The molecule has 0 spiro atoms. The van der Waals surface area contributed by atoms with Gasteiger partial charge in [0.15, 0.2) is 0 Å². The number of thiophene rings is 6. The molecular formula is C92H140N2O4S6Si2. The van der Waals surface area contributed by atoms with Gasteiger partial charge in [0, 0.05) is 78.1 Å². The zero-order chi connectivity index (χ0) is 76.5. The molecule has 10 rings (SSSR count). The average molecular weight is 1590 g/mol. The van der Waals surface area contributed by atoms with Gasteiger partial charge in [-0.3, -0.25) is 29.0 Å². The van der Waals surface area contributed by atoms with Gasteiger partial charge in [0.05, 0.1) is 32.0 Å². The second-order valence-electron chi connectivity index (χ2n) is 35.7. The summed E-state index contributed by atoms with van der Waals surface area (Å²) in [7, 11) is -4.91. The fourth-order valence-corrected chi connectivity index (χ4v) is 42.2. The molecule has 2 atom stereocenters. The fourth-order valence-electron chi connectivity index (χ4n) is 18.7. The van der Waals surface area contributed by atoms with Crippen LogP contribution in [0.25, 0.3) is 39.0 Å². The van der Waals surface area contributed by atoms with E-state index in [4.69, 9.17) is 0 Å². The SMILES string of the molecule is CCCCCCCCN1C(=O)c2c(-c3cc4c(s3)-c3sc(C(C)(C)C(C)(C)c5sc(-c6cc7c(s6)-c6sc(C(C)(CC)CC)cc6[Si]7(CCCCCCCC)CCCCCCCC)c6c5C(=O)N(CCCCCCCC)C6=O)cc3[Si]4(CC(CC)CCCC)CC(CC)CCCC)sc(C(C)(C)C)c2C1=O. The van der Waals surface area contributed by atoms with Gasteiger partial charge < -0.3 is 0 Å². The second kappa shape index (κ2) is 37.3. The maximum atomic E-state index is 16.0. The van der Waals surface area contributed by atoms with Gasteiger partial charge in [0.25, 0.3) is 23.6 Å². The minimum atomic E-state index is -2.61. The van der Waals surface area contributed by atoms with Crippen molar-refractivity contribution < 1.29 is 19.2 Å². The van der Waals surface area contributed by atoms with Crippen LogP contribution in [-0.4, -0.2) is 62.7 Å². The highest BCUT2D eigenvalue weighted by Gasteiger charge is 2.56. The van der Waals surface area contributed by atoms with Crippen LogP contribution in [0.5, 0.6) is 0 Å². The van der Waals surface area contributed by atoms with Gasteiger partial charge in [-0.25, -0.2) is 0 Å². The summed E-state index contributed by atoms with van der Waals surface area (Å²) >= 11 is 11.6. The Morgan fingerprint density at radius 3 is 1.09 bits per heavy atom. The highest BCUT2D eigenvalue weighted by molar-refractivity contribution is 7.33. The van der Waals surface area contributed by atoms with Crippen molar-refractivity contribution >= 4 is 129 Å². The van der Waals surface area contributed by atoms with Crippen molar-refractivity contribution in [2.24, 2.45) is 11.8 Å². The molecule has 4 aliphatic heterocycles. The number of rotatable bonds is 48. The third kappa shape index (κ3) is 16.9. The Morgan fingerprint density at radius 1 is 0.340 bits per heavy atom. The Morgan fingerprint density at radius 2 is 0.679 bits per heavy atom. The highest BCUT2D eigenvalue weighted by Crippen LogP contribution is 2.59. The smallest absolute Gasteiger partial charge is 0.263 e. The summed E-state index contributed by atoms with van der Waals surface area (Å²) in [4.78, 5) is 80.6. The standard InChI is InChI=1S/C92H140N2O4S6Si2/c1-19-29-35-39-43-47-53-93-85(95)73-75(87(93)97)83(89(11,12)13)103-77(73)66-58-68-80(100-66)82-70(106(68,61-63(25-7)51-33-23-5)62-64(26-8)52-34-24-6)59-71(101-82)90(14,15)91(16,17)84-76-74(86(96)94(88(76)98)54-48-44-40-36-30-20-2)78(104-84)65-57-67-79(99-65)81-69(60-72(102-81)92(18,27-9)28-10)105(67,55-49-45-41-37-31-21-3)56-50-46-42-38-32-22-4/h57-60,63-64H,19-56,61-62H2,1-18H3. The molecule has 0 radical (unpaired) electrons. The normalized spacial score (nSPS) is 16.8. The number of hydrogen-bond donors (Lipinski definition) is 0. The first-order valence-corrected chi connectivity index (χ1v) is 53.2. The Balaban J connectivity index is 1.14. The van der Waals surface area contributed by atoms with Crippen molar-refractivity contribution in [3.05, 3.63) is 66.0 Å². The predicted octanol–water partition coefficient (Wildman–Crippen LogP) is 28.2. The van der Waals surface area contributed by atoms with E-state index in [1.54, 1.807) is 63.0 Å². The van der Waals surface area contributed by atoms with E-state index in [0.717, 1.165) is 83.7 Å². The summed E-state index contributed by atoms with van der Waals surface area (Å²) in [6, 6.07) is 15.8. The number of carbonyl (C=O) groups is 4. The highest BCUT2D eigenvalue weighted by atomic mass is 32.1. The van der Waals surface area contributed by atoms with Crippen molar-refractivity contribution in [1.82, 2.24) is 9.80 Å². The Bertz CT molecular complexity index is 3910. The quantitative estimate of drug-likeness (QED) is 0.0217. The van der Waals surface area contributed by atoms with Crippen LogP contribution in [0.4, 0.5) is 0 Å². The van der Waals surface area contributed by atoms with Crippen molar-refractivity contribution in [2.45, 2.75) is 389 Å². The average Bonchev–Trinajstić information content (AvgIpc) is 1.53. The fraction of sp³-hybridized carbons (Fsp3) is 0.696. The largest absolute Gasteiger partial charge is 0.274 e. The van der Waals surface area contributed by atoms with Crippen LogP contribution in [0.3, 0.4) is 0 Å². The topological polar surface area (TPSA) is 74.8 Å². The Hall–Kier alpha value is -3.09. The van der Waals surface area contributed by atoms with E-state index in [9.17, 15) is 4.79 Å². The van der Waals surface area contributed by atoms with Crippen LogP contribution in [0.2, 0.25) is 24.2 Å². The molecule has 106 heavy (non-hydrogen) atoms. The first-order chi connectivity index (χ1) is 50.8. The van der Waals surface area contributed by atoms with Gasteiger partial charge >= 0.3 is 0 Å². The maximum absolute atomic E-state index is 16.0. The van der Waals surface area contributed by atoms with Crippen LogP contribution in [0, 0.1) is 11.8 Å². The van der Waals surface area contributed by atoms with Gasteiger partial charge in [0.2, 0.25) is 0 Å². The van der Waals surface area contributed by atoms with Crippen LogP contribution in [-0.2, 0) is 21.7 Å². The third-order valence-corrected chi connectivity index (χ3v) is 47.2. The van der Waals surface area contributed by atoms with E-state index in [-0.39, 0.29) is 34.5 Å². The number of unbranched alkanes of at least 4 members (excludes halogenated alkanes) is 22. The van der Waals surface area contributed by atoms with Crippen LogP contribution in [0.1, 0.15) is 404 Å². The Kier molecular flexibility index (Phi) is 30.0. The zero-order valence-corrected chi connectivity index (χ0v) is 76.6. The van der Waals surface area contributed by atoms with Crippen LogP contribution in [0.15, 0.2) is 24.3 Å². The summed E-state index contributed by atoms with van der Waals surface area (Å²) in [6.07, 6.45) is 40.7. The summed E-state index contributed by atoms with van der Waals surface area (Å²) in [5.74, 6) is 0.838. The van der Waals surface area contributed by atoms with Crippen LogP contribution >= 0.6 is 68.0 Å². The summed E-state index contributed by atoms with van der Waals surface area (Å²) < 4.78 is 0. The second-order valence-corrected chi connectivity index (χ2v) is 50.3. The molecule has 0 bridgehead atoms. The van der Waals surface area contributed by atoms with Gasteiger partial charge in [-0.15, -0.1) is 68.0 Å².